The first kappa shape index (κ1) is 19.6. The van der Waals surface area contributed by atoms with Crippen LogP contribution in [0.5, 0.6) is 17.4 Å². The van der Waals surface area contributed by atoms with E-state index in [2.05, 4.69) is 14.7 Å². The first-order valence-corrected chi connectivity index (χ1v) is 8.24. The molecule has 3 rings (SSSR count). The lowest BCUT2D eigenvalue weighted by molar-refractivity contribution is -0.0698. The van der Waals surface area contributed by atoms with Gasteiger partial charge in [-0.1, -0.05) is 0 Å². The van der Waals surface area contributed by atoms with E-state index in [-0.39, 0.29) is 17.2 Å². The molecule has 0 unspecified atom stereocenters. The number of aromatic nitrogens is 2. The van der Waals surface area contributed by atoms with Gasteiger partial charge in [0, 0.05) is 30.6 Å². The molecule has 0 saturated carbocycles. The summed E-state index contributed by atoms with van der Waals surface area (Å²) in [5.74, 6) is -3.28. The van der Waals surface area contributed by atoms with E-state index in [9.17, 15) is 13.2 Å². The van der Waals surface area contributed by atoms with E-state index in [1.165, 1.54) is 50.9 Å². The molecule has 0 amide bonds. The molecule has 146 valence electrons. The molecular formula is C20H17F3N2O3. The molecule has 0 aliphatic rings. The summed E-state index contributed by atoms with van der Waals surface area (Å²) in [6, 6.07) is 8.63. The average Bonchev–Trinajstić information content (AvgIpc) is 2.69. The molecule has 0 fully saturated rings. The summed E-state index contributed by atoms with van der Waals surface area (Å²) in [6.07, 6.45) is 3.97. The van der Waals surface area contributed by atoms with Crippen LogP contribution < -0.4 is 9.47 Å². The second kappa shape index (κ2) is 8.26. The second-order valence-electron chi connectivity index (χ2n) is 5.82. The summed E-state index contributed by atoms with van der Waals surface area (Å²) < 4.78 is 57.2. The Morgan fingerprint density at radius 2 is 1.75 bits per heavy atom. The molecule has 8 heteroatoms. The van der Waals surface area contributed by atoms with Gasteiger partial charge in [-0.2, -0.15) is 8.78 Å². The molecule has 0 radical (unpaired) electrons. The van der Waals surface area contributed by atoms with E-state index in [1.807, 2.05) is 0 Å². The highest BCUT2D eigenvalue weighted by atomic mass is 19.3. The summed E-state index contributed by atoms with van der Waals surface area (Å²) in [4.78, 5) is 8.00. The normalized spacial score (nSPS) is 11.3. The van der Waals surface area contributed by atoms with Crippen molar-refractivity contribution in [2.75, 3.05) is 20.8 Å². The number of hydrogen-bond donors (Lipinski definition) is 0. The van der Waals surface area contributed by atoms with Crippen LogP contribution in [0.25, 0.3) is 11.1 Å². The van der Waals surface area contributed by atoms with Crippen molar-refractivity contribution in [1.29, 1.82) is 0 Å². The van der Waals surface area contributed by atoms with Crippen molar-refractivity contribution < 1.29 is 27.4 Å². The van der Waals surface area contributed by atoms with E-state index < -0.39 is 18.3 Å². The van der Waals surface area contributed by atoms with Crippen molar-refractivity contribution in [3.8, 4) is 28.5 Å². The van der Waals surface area contributed by atoms with Gasteiger partial charge >= 0.3 is 0 Å². The Kier molecular flexibility index (Phi) is 5.79. The standard InChI is InChI=1S/C20H17F3N2O3/c1-26-12-20(22,23)13-5-7-14(8-6-13)28-19-15(4-3-9-25-19)16-10-24-11-17(21)18(16)27-2/h3-11H,12H2,1-2H3. The topological polar surface area (TPSA) is 53.5 Å². The number of hydrogen-bond acceptors (Lipinski definition) is 5. The van der Waals surface area contributed by atoms with Crippen molar-refractivity contribution in [2.24, 2.45) is 0 Å². The van der Waals surface area contributed by atoms with Gasteiger partial charge in [0.15, 0.2) is 11.6 Å². The number of rotatable bonds is 7. The number of nitrogens with zero attached hydrogens (tertiary/aromatic N) is 2. The first-order chi connectivity index (χ1) is 13.5. The molecule has 5 nitrogen and oxygen atoms in total. The van der Waals surface area contributed by atoms with Gasteiger partial charge in [-0.3, -0.25) is 4.98 Å². The van der Waals surface area contributed by atoms with E-state index in [1.54, 1.807) is 12.1 Å². The second-order valence-corrected chi connectivity index (χ2v) is 5.82. The predicted octanol–water partition coefficient (Wildman–Crippen LogP) is 4.82. The lowest BCUT2D eigenvalue weighted by Crippen LogP contribution is -2.19. The maximum absolute atomic E-state index is 14.0. The van der Waals surface area contributed by atoms with Crippen LogP contribution in [0.3, 0.4) is 0 Å². The highest BCUT2D eigenvalue weighted by molar-refractivity contribution is 5.74. The zero-order valence-electron chi connectivity index (χ0n) is 15.2. The molecule has 0 N–H and O–H groups in total. The smallest absolute Gasteiger partial charge is 0.296 e. The third-order valence-corrected chi connectivity index (χ3v) is 3.94. The van der Waals surface area contributed by atoms with E-state index in [4.69, 9.17) is 9.47 Å². The van der Waals surface area contributed by atoms with Crippen molar-refractivity contribution in [1.82, 2.24) is 9.97 Å². The molecule has 3 aromatic rings. The van der Waals surface area contributed by atoms with Gasteiger partial charge in [0.2, 0.25) is 5.88 Å². The Morgan fingerprint density at radius 3 is 2.43 bits per heavy atom. The summed E-state index contributed by atoms with van der Waals surface area (Å²) in [5.41, 5.74) is 0.605. The highest BCUT2D eigenvalue weighted by Gasteiger charge is 2.31. The quantitative estimate of drug-likeness (QED) is 0.579. The Balaban J connectivity index is 1.92. The third-order valence-electron chi connectivity index (χ3n) is 3.94. The van der Waals surface area contributed by atoms with Crippen molar-refractivity contribution in [3.63, 3.8) is 0 Å². The first-order valence-electron chi connectivity index (χ1n) is 8.24. The molecule has 0 aliphatic heterocycles. The van der Waals surface area contributed by atoms with Crippen LogP contribution >= 0.6 is 0 Å². The van der Waals surface area contributed by atoms with Gasteiger partial charge in [0.05, 0.1) is 18.9 Å². The summed E-state index contributed by atoms with van der Waals surface area (Å²) in [6.45, 7) is -0.718. The number of pyridine rings is 2. The van der Waals surface area contributed by atoms with Crippen LogP contribution in [0.2, 0.25) is 0 Å². The monoisotopic (exact) mass is 390 g/mol. The van der Waals surface area contributed by atoms with Crippen molar-refractivity contribution in [3.05, 3.63) is 66.4 Å². The maximum atomic E-state index is 14.0. The van der Waals surface area contributed by atoms with Crippen LogP contribution in [0.1, 0.15) is 5.56 Å². The number of benzene rings is 1. The predicted molar refractivity (Wildman–Crippen MR) is 96.3 cm³/mol. The van der Waals surface area contributed by atoms with Gasteiger partial charge in [-0.05, 0) is 36.4 Å². The van der Waals surface area contributed by atoms with Gasteiger partial charge in [0.25, 0.3) is 5.92 Å². The molecule has 2 aromatic heterocycles. The number of halogens is 3. The molecule has 0 bridgehead atoms. The summed E-state index contributed by atoms with van der Waals surface area (Å²) >= 11 is 0. The van der Waals surface area contributed by atoms with E-state index in [0.717, 1.165) is 6.20 Å². The molecule has 28 heavy (non-hydrogen) atoms. The summed E-state index contributed by atoms with van der Waals surface area (Å²) in [7, 11) is 2.56. The fourth-order valence-electron chi connectivity index (χ4n) is 2.64. The van der Waals surface area contributed by atoms with Gasteiger partial charge < -0.3 is 14.2 Å². The van der Waals surface area contributed by atoms with Crippen molar-refractivity contribution in [2.45, 2.75) is 5.92 Å². The van der Waals surface area contributed by atoms with Gasteiger partial charge in [0.1, 0.15) is 12.4 Å². The molecule has 1 aromatic carbocycles. The number of methoxy groups -OCH3 is 2. The minimum atomic E-state index is -3.11. The molecule has 0 atom stereocenters. The van der Waals surface area contributed by atoms with Crippen LogP contribution in [0, 0.1) is 5.82 Å². The minimum Gasteiger partial charge on any atom is -0.493 e. The third kappa shape index (κ3) is 4.07. The average molecular weight is 390 g/mol. The van der Waals surface area contributed by atoms with Crippen molar-refractivity contribution >= 4 is 0 Å². The zero-order chi connectivity index (χ0) is 20.1. The van der Waals surface area contributed by atoms with Crippen LogP contribution in [-0.4, -0.2) is 30.8 Å². The fourth-order valence-corrected chi connectivity index (χ4v) is 2.64. The molecule has 0 saturated heterocycles. The summed E-state index contributed by atoms with van der Waals surface area (Å²) in [5, 5.41) is 0. The fraction of sp³-hybridized carbons (Fsp3) is 0.200. The Morgan fingerprint density at radius 1 is 1.00 bits per heavy atom. The SMILES string of the molecule is COCC(F)(F)c1ccc(Oc2ncccc2-c2cncc(F)c2OC)cc1. The van der Waals surface area contributed by atoms with E-state index >= 15 is 0 Å². The molecular weight excluding hydrogens is 373 g/mol. The van der Waals surface area contributed by atoms with Gasteiger partial charge in [-0.25, -0.2) is 9.37 Å². The Bertz CT molecular complexity index is 950. The Labute approximate surface area is 159 Å². The maximum Gasteiger partial charge on any atom is 0.296 e. The van der Waals surface area contributed by atoms with Crippen LogP contribution in [-0.2, 0) is 10.7 Å². The highest BCUT2D eigenvalue weighted by Crippen LogP contribution is 2.38. The molecule has 2 heterocycles. The Hall–Kier alpha value is -3.13. The van der Waals surface area contributed by atoms with Gasteiger partial charge in [-0.15, -0.1) is 0 Å². The zero-order valence-corrected chi connectivity index (χ0v) is 15.2. The lowest BCUT2D eigenvalue weighted by atomic mass is 10.1. The number of alkyl halides is 2. The van der Waals surface area contributed by atoms with Crippen LogP contribution in [0.4, 0.5) is 13.2 Å². The number of ether oxygens (including phenoxy) is 3. The lowest BCUT2D eigenvalue weighted by Gasteiger charge is -2.16. The largest absolute Gasteiger partial charge is 0.493 e. The minimum absolute atomic E-state index is 0.00223. The van der Waals surface area contributed by atoms with E-state index in [0.29, 0.717) is 16.9 Å². The molecule has 0 spiro atoms. The molecule has 0 aliphatic carbocycles. The van der Waals surface area contributed by atoms with Crippen LogP contribution in [0.15, 0.2) is 55.0 Å².